The molecule has 1 aromatic heterocycles. The Kier molecular flexibility index (Phi) is 6.69. The molecule has 0 spiro atoms. The van der Waals surface area contributed by atoms with Crippen LogP contribution in [0.2, 0.25) is 0 Å². The fraction of sp³-hybridized carbons (Fsp3) is 0.692. The molecule has 15 heavy (non-hydrogen) atoms. The maximum Gasteiger partial charge on any atom is 0.00643 e. The Morgan fingerprint density at radius 2 is 2.27 bits per heavy atom. The average Bonchev–Trinajstić information content (AvgIpc) is 2.75. The summed E-state index contributed by atoms with van der Waals surface area (Å²) in [6.45, 7) is 5.69. The van der Waals surface area contributed by atoms with E-state index in [1.165, 1.54) is 37.0 Å². The van der Waals surface area contributed by atoms with Crippen molar-refractivity contribution in [1.29, 1.82) is 0 Å². The molecule has 1 rings (SSSR count). The van der Waals surface area contributed by atoms with Gasteiger partial charge in [-0.25, -0.2) is 0 Å². The summed E-state index contributed by atoms with van der Waals surface area (Å²) in [6.07, 6.45) is 6.35. The Hall–Kier alpha value is -0.340. The third-order valence-corrected chi connectivity index (χ3v) is 3.68. The fourth-order valence-corrected chi connectivity index (χ4v) is 2.57. The summed E-state index contributed by atoms with van der Waals surface area (Å²) in [6, 6.07) is 5.10. The quantitative estimate of drug-likeness (QED) is 0.663. The molecule has 0 bridgehead atoms. The molecule has 1 heterocycles. The lowest BCUT2D eigenvalue weighted by atomic mass is 10.1. The molecular formula is C13H23NS. The Morgan fingerprint density at radius 3 is 2.87 bits per heavy atom. The van der Waals surface area contributed by atoms with Crippen molar-refractivity contribution >= 4 is 11.3 Å². The third-order valence-electron chi connectivity index (χ3n) is 2.74. The lowest BCUT2D eigenvalue weighted by molar-refractivity contribution is 0.459. The second-order valence-corrected chi connectivity index (χ2v) is 5.06. The monoisotopic (exact) mass is 225 g/mol. The van der Waals surface area contributed by atoms with Crippen LogP contribution in [0.1, 0.15) is 44.4 Å². The highest BCUT2D eigenvalue weighted by molar-refractivity contribution is 7.09. The maximum atomic E-state index is 3.64. The highest BCUT2D eigenvalue weighted by Gasteiger charge is 2.02. The van der Waals surface area contributed by atoms with Gasteiger partial charge in [-0.1, -0.05) is 26.3 Å². The van der Waals surface area contributed by atoms with Gasteiger partial charge in [0.15, 0.2) is 0 Å². The molecule has 1 N–H and O–H groups in total. The van der Waals surface area contributed by atoms with E-state index in [0.29, 0.717) is 0 Å². The Morgan fingerprint density at radius 1 is 1.40 bits per heavy atom. The smallest absolute Gasteiger partial charge is 0.00643 e. The van der Waals surface area contributed by atoms with Gasteiger partial charge in [0.2, 0.25) is 0 Å². The number of nitrogens with one attached hydrogen (secondary N) is 1. The zero-order chi connectivity index (χ0) is 10.9. The molecule has 1 atom stereocenters. The molecule has 2 heteroatoms. The molecule has 0 amide bonds. The Labute approximate surface area is 97.9 Å². The van der Waals surface area contributed by atoms with E-state index in [1.807, 2.05) is 11.3 Å². The van der Waals surface area contributed by atoms with Crippen molar-refractivity contribution in [3.8, 4) is 0 Å². The zero-order valence-electron chi connectivity index (χ0n) is 9.96. The van der Waals surface area contributed by atoms with Crippen LogP contribution in [0.4, 0.5) is 0 Å². The van der Waals surface area contributed by atoms with Gasteiger partial charge in [0.25, 0.3) is 0 Å². The first kappa shape index (κ1) is 12.7. The summed E-state index contributed by atoms with van der Waals surface area (Å²) < 4.78 is 0. The number of hydrogen-bond donors (Lipinski definition) is 1. The van der Waals surface area contributed by atoms with Crippen LogP contribution in [0.15, 0.2) is 17.5 Å². The van der Waals surface area contributed by atoms with Crippen molar-refractivity contribution in [3.05, 3.63) is 22.4 Å². The molecule has 1 aromatic rings. The Bertz CT molecular complexity index is 231. The molecule has 0 radical (unpaired) electrons. The van der Waals surface area contributed by atoms with E-state index < -0.39 is 0 Å². The predicted octanol–water partition coefficient (Wildman–Crippen LogP) is 3.85. The van der Waals surface area contributed by atoms with E-state index in [9.17, 15) is 0 Å². The van der Waals surface area contributed by atoms with Gasteiger partial charge in [0, 0.05) is 10.9 Å². The number of thiophene rings is 1. The van der Waals surface area contributed by atoms with E-state index in [-0.39, 0.29) is 0 Å². The standard InChI is InChI=1S/C13H23NS/c1-3-7-12(4-2)14-10-5-8-13-9-6-11-15-13/h6,9,11-12,14H,3-5,7-8,10H2,1-2H3. The van der Waals surface area contributed by atoms with E-state index in [1.54, 1.807) is 0 Å². The molecule has 0 saturated carbocycles. The molecule has 1 nitrogen and oxygen atoms in total. The number of rotatable bonds is 8. The van der Waals surface area contributed by atoms with E-state index in [0.717, 1.165) is 12.6 Å². The van der Waals surface area contributed by atoms with Gasteiger partial charge in [0.05, 0.1) is 0 Å². The fourth-order valence-electron chi connectivity index (χ4n) is 1.82. The van der Waals surface area contributed by atoms with Gasteiger partial charge in [-0.15, -0.1) is 11.3 Å². The topological polar surface area (TPSA) is 12.0 Å². The maximum absolute atomic E-state index is 3.64. The van der Waals surface area contributed by atoms with Crippen LogP contribution in [0.5, 0.6) is 0 Å². The highest BCUT2D eigenvalue weighted by atomic mass is 32.1. The SMILES string of the molecule is CCCC(CC)NCCCc1cccs1. The van der Waals surface area contributed by atoms with Crippen LogP contribution in [0.25, 0.3) is 0 Å². The lowest BCUT2D eigenvalue weighted by Crippen LogP contribution is -2.29. The van der Waals surface area contributed by atoms with Crippen LogP contribution in [-0.4, -0.2) is 12.6 Å². The van der Waals surface area contributed by atoms with Crippen LogP contribution >= 0.6 is 11.3 Å². The normalized spacial score (nSPS) is 12.9. The summed E-state index contributed by atoms with van der Waals surface area (Å²) in [4.78, 5) is 1.51. The van der Waals surface area contributed by atoms with Crippen molar-refractivity contribution in [2.24, 2.45) is 0 Å². The molecule has 0 aliphatic rings. The van der Waals surface area contributed by atoms with Crippen molar-refractivity contribution < 1.29 is 0 Å². The summed E-state index contributed by atoms with van der Waals surface area (Å²) in [5.74, 6) is 0. The minimum Gasteiger partial charge on any atom is -0.314 e. The minimum absolute atomic E-state index is 0.735. The van der Waals surface area contributed by atoms with Crippen LogP contribution in [0, 0.1) is 0 Å². The molecular weight excluding hydrogens is 202 g/mol. The zero-order valence-corrected chi connectivity index (χ0v) is 10.8. The first-order valence-corrected chi connectivity index (χ1v) is 7.00. The van der Waals surface area contributed by atoms with Crippen LogP contribution in [0.3, 0.4) is 0 Å². The van der Waals surface area contributed by atoms with Crippen LogP contribution < -0.4 is 5.32 Å². The summed E-state index contributed by atoms with van der Waals surface area (Å²) in [7, 11) is 0. The van der Waals surface area contributed by atoms with Crippen molar-refractivity contribution in [2.75, 3.05) is 6.54 Å². The van der Waals surface area contributed by atoms with E-state index >= 15 is 0 Å². The lowest BCUT2D eigenvalue weighted by Gasteiger charge is -2.15. The molecule has 1 unspecified atom stereocenters. The van der Waals surface area contributed by atoms with Crippen molar-refractivity contribution in [2.45, 2.75) is 52.0 Å². The molecule has 0 aromatic carbocycles. The molecule has 0 saturated heterocycles. The number of hydrogen-bond acceptors (Lipinski definition) is 2. The number of aryl methyl sites for hydroxylation is 1. The van der Waals surface area contributed by atoms with Gasteiger partial charge >= 0.3 is 0 Å². The second kappa shape index (κ2) is 7.89. The average molecular weight is 225 g/mol. The first-order valence-electron chi connectivity index (χ1n) is 6.12. The first-order chi connectivity index (χ1) is 7.36. The predicted molar refractivity (Wildman–Crippen MR) is 69.6 cm³/mol. The van der Waals surface area contributed by atoms with Crippen LogP contribution in [-0.2, 0) is 6.42 Å². The van der Waals surface area contributed by atoms with Crippen molar-refractivity contribution in [1.82, 2.24) is 5.32 Å². The van der Waals surface area contributed by atoms with Gasteiger partial charge in [-0.05, 0) is 43.7 Å². The summed E-state index contributed by atoms with van der Waals surface area (Å²) in [5.41, 5.74) is 0. The van der Waals surface area contributed by atoms with Gasteiger partial charge < -0.3 is 5.32 Å². The largest absolute Gasteiger partial charge is 0.314 e. The Balaban J connectivity index is 2.05. The molecule has 0 aliphatic carbocycles. The molecule has 86 valence electrons. The third kappa shape index (κ3) is 5.33. The van der Waals surface area contributed by atoms with Gasteiger partial charge in [0.1, 0.15) is 0 Å². The van der Waals surface area contributed by atoms with Crippen molar-refractivity contribution in [3.63, 3.8) is 0 Å². The molecule has 0 aliphatic heterocycles. The second-order valence-electron chi connectivity index (χ2n) is 4.03. The summed E-state index contributed by atoms with van der Waals surface area (Å²) in [5, 5.41) is 5.80. The molecule has 0 fully saturated rings. The summed E-state index contributed by atoms with van der Waals surface area (Å²) >= 11 is 1.87. The minimum atomic E-state index is 0.735. The highest BCUT2D eigenvalue weighted by Crippen LogP contribution is 2.10. The van der Waals surface area contributed by atoms with Gasteiger partial charge in [-0.2, -0.15) is 0 Å². The van der Waals surface area contributed by atoms with E-state index in [4.69, 9.17) is 0 Å². The van der Waals surface area contributed by atoms with Gasteiger partial charge in [-0.3, -0.25) is 0 Å². The van der Waals surface area contributed by atoms with E-state index in [2.05, 4.69) is 36.7 Å².